The van der Waals surface area contributed by atoms with Gasteiger partial charge in [-0.25, -0.2) is 4.98 Å². The maximum absolute atomic E-state index is 12.7. The van der Waals surface area contributed by atoms with Crippen molar-refractivity contribution in [3.05, 3.63) is 166 Å². The molecule has 0 atom stereocenters. The molecule has 4 heteroatoms. The number of rotatable bonds is 8. The Hall–Kier alpha value is -6.26. The zero-order valence-corrected chi connectivity index (χ0v) is 42.4. The Kier molecular flexibility index (Phi) is 8.26. The number of aromatic hydroxyl groups is 1. The molecule has 69 heavy (non-hydrogen) atoms. The van der Waals surface area contributed by atoms with Gasteiger partial charge >= 0.3 is 0 Å². The normalized spacial score (nSPS) is 17.0. The number of hydrogen-bond donors (Lipinski definition) is 1. The molecule has 0 amide bonds. The van der Waals surface area contributed by atoms with Crippen molar-refractivity contribution in [2.75, 3.05) is 0 Å². The molecule has 0 fully saturated rings. The summed E-state index contributed by atoms with van der Waals surface area (Å²) in [6, 6.07) is 20.8. The summed E-state index contributed by atoms with van der Waals surface area (Å²) in [6.45, 7) is 17.3. The Morgan fingerprint density at radius 3 is 1.91 bits per heavy atom. The van der Waals surface area contributed by atoms with E-state index in [-0.39, 0.29) is 40.0 Å². The van der Waals surface area contributed by atoms with Crippen LogP contribution in [0.2, 0.25) is 0 Å². The van der Waals surface area contributed by atoms with Crippen LogP contribution in [-0.2, 0) is 21.7 Å². The van der Waals surface area contributed by atoms with Crippen molar-refractivity contribution in [2.24, 2.45) is 0 Å². The molecule has 4 nitrogen and oxygen atoms in total. The van der Waals surface area contributed by atoms with Gasteiger partial charge in [0.1, 0.15) is 11.6 Å². The minimum atomic E-state index is -3.34. The smallest absolute Gasteiger partial charge is 0.149 e. The maximum Gasteiger partial charge on any atom is 0.149 e. The zero-order valence-electron chi connectivity index (χ0n) is 59.4. The van der Waals surface area contributed by atoms with Gasteiger partial charge in [0.15, 0.2) is 0 Å². The molecular formula is C65H75N3O. The number of para-hydroxylation sites is 1. The van der Waals surface area contributed by atoms with Gasteiger partial charge in [0.2, 0.25) is 0 Å². The van der Waals surface area contributed by atoms with Gasteiger partial charge in [-0.2, -0.15) is 0 Å². The first-order valence-corrected chi connectivity index (χ1v) is 23.6. The van der Waals surface area contributed by atoms with Gasteiger partial charge in [-0.15, -0.1) is 0 Å². The third-order valence-corrected chi connectivity index (χ3v) is 12.8. The Labute approximate surface area is 437 Å². The van der Waals surface area contributed by atoms with Crippen LogP contribution in [0, 0.1) is 6.85 Å². The molecule has 0 radical (unpaired) electrons. The first kappa shape index (κ1) is 31.8. The van der Waals surface area contributed by atoms with E-state index in [2.05, 4.69) is 39.6 Å². The van der Waals surface area contributed by atoms with E-state index in [9.17, 15) is 14.7 Å². The van der Waals surface area contributed by atoms with Gasteiger partial charge in [0.25, 0.3) is 0 Å². The predicted molar refractivity (Wildman–Crippen MR) is 295 cm³/mol. The van der Waals surface area contributed by atoms with Gasteiger partial charge in [-0.3, -0.25) is 9.55 Å². The highest BCUT2D eigenvalue weighted by Gasteiger charge is 2.30. The molecule has 356 valence electrons. The Bertz CT molecular complexity index is 3980. The molecule has 2 aromatic heterocycles. The molecule has 0 bridgehead atoms. The molecule has 0 saturated carbocycles. The Balaban J connectivity index is 1.48. The minimum absolute atomic E-state index is 0.0124. The third kappa shape index (κ3) is 9.70. The topological polar surface area (TPSA) is 50.9 Å². The molecule has 0 saturated heterocycles. The van der Waals surface area contributed by atoms with E-state index in [4.69, 9.17) is 18.7 Å². The number of benzene rings is 6. The quantitative estimate of drug-likeness (QED) is 0.165. The van der Waals surface area contributed by atoms with Crippen molar-refractivity contribution < 1.29 is 28.4 Å². The number of imidazole rings is 1. The molecular weight excluding hydrogens is 839 g/mol. The summed E-state index contributed by atoms with van der Waals surface area (Å²) in [6.07, 6.45) is -0.690. The third-order valence-electron chi connectivity index (χ3n) is 12.8. The molecule has 0 aliphatic rings. The highest BCUT2D eigenvalue weighted by Crippen LogP contribution is 2.46. The van der Waals surface area contributed by atoms with Gasteiger partial charge in [-0.05, 0) is 150 Å². The lowest BCUT2D eigenvalue weighted by atomic mass is 9.79. The summed E-state index contributed by atoms with van der Waals surface area (Å²) in [5, 5.41) is 12.7. The predicted octanol–water partition coefficient (Wildman–Crippen LogP) is 18.2. The van der Waals surface area contributed by atoms with Crippen LogP contribution in [0.1, 0.15) is 185 Å². The zero-order chi connectivity index (χ0) is 64.6. The van der Waals surface area contributed by atoms with Crippen molar-refractivity contribution in [2.45, 2.75) is 151 Å². The van der Waals surface area contributed by atoms with E-state index >= 15 is 0 Å². The van der Waals surface area contributed by atoms with Crippen molar-refractivity contribution >= 4 is 11.0 Å². The number of phenolic OH excluding ortho intramolecular Hbond substituents is 1. The summed E-state index contributed by atoms with van der Waals surface area (Å²) in [4.78, 5) is 9.90. The van der Waals surface area contributed by atoms with E-state index in [1.165, 1.54) is 0 Å². The van der Waals surface area contributed by atoms with Crippen LogP contribution in [0.25, 0.3) is 72.7 Å². The molecule has 0 unspecified atom stereocenters. The summed E-state index contributed by atoms with van der Waals surface area (Å²) in [5.74, 6) is -0.846. The van der Waals surface area contributed by atoms with E-state index in [0.717, 1.165) is 29.2 Å². The second-order valence-electron chi connectivity index (χ2n) is 22.1. The van der Waals surface area contributed by atoms with Crippen LogP contribution in [0.4, 0.5) is 0 Å². The van der Waals surface area contributed by atoms with Crippen LogP contribution in [-0.4, -0.2) is 19.6 Å². The molecule has 0 aliphatic heterocycles. The van der Waals surface area contributed by atoms with Crippen LogP contribution >= 0.6 is 0 Å². The second kappa shape index (κ2) is 17.9. The second-order valence-corrected chi connectivity index (χ2v) is 22.1. The van der Waals surface area contributed by atoms with Crippen molar-refractivity contribution in [1.29, 1.82) is 0 Å². The van der Waals surface area contributed by atoms with Gasteiger partial charge in [-0.1, -0.05) is 183 Å². The molecule has 2 heterocycles. The molecule has 8 aromatic rings. The Morgan fingerprint density at radius 2 is 1.28 bits per heavy atom. The number of nitrogens with zero attached hydrogens (tertiary/aromatic N) is 3. The average molecular weight is 931 g/mol. The van der Waals surface area contributed by atoms with E-state index < -0.39 is 107 Å². The number of aromatic nitrogens is 3. The lowest BCUT2D eigenvalue weighted by Crippen LogP contribution is -2.17. The van der Waals surface area contributed by atoms with E-state index in [1.807, 2.05) is 96.1 Å². The van der Waals surface area contributed by atoms with Crippen LogP contribution in [0.5, 0.6) is 5.75 Å². The standard InChI is InChI=1S/C65H75N3O/c1-39(2)50-20-18-21-51(40(3)4)58(50)44-26-29-56(41(5)32-44)68-57-23-19-22-52(59(57)67-61(68)53-37-49(64(12,13)14)38-54(60(53)69)65(15,16)17)45-33-46(35-48(34-45)63(9,10)11)55-36-43(30-31-66-55)42-24-27-47(28-25-42)62(6,7)8/h18-40,69H,1-17H3/i5D3,6D3,7D3,24D,25D,27D,28D,30D,31D,36D,39D. The van der Waals surface area contributed by atoms with E-state index in [0.29, 0.717) is 44.4 Å². The lowest BCUT2D eigenvalue weighted by molar-refractivity contribution is 0.446. The van der Waals surface area contributed by atoms with Crippen molar-refractivity contribution in [3.63, 3.8) is 0 Å². The Morgan fingerprint density at radius 1 is 0.609 bits per heavy atom. The first-order chi connectivity index (χ1) is 39.2. The molecule has 8 rings (SSSR count). The fraction of sp³-hybridized carbons (Fsp3) is 0.354. The largest absolute Gasteiger partial charge is 0.507 e. The lowest BCUT2D eigenvalue weighted by Gasteiger charge is -2.27. The highest BCUT2D eigenvalue weighted by molar-refractivity contribution is 5.97. The monoisotopic (exact) mass is 931 g/mol. The minimum Gasteiger partial charge on any atom is -0.507 e. The van der Waals surface area contributed by atoms with Crippen LogP contribution in [0.3, 0.4) is 0 Å². The summed E-state index contributed by atoms with van der Waals surface area (Å²) in [5.41, 5.74) is 1.32. The highest BCUT2D eigenvalue weighted by atomic mass is 16.3. The molecule has 1 N–H and O–H groups in total. The number of pyridine rings is 1. The van der Waals surface area contributed by atoms with Crippen molar-refractivity contribution in [1.82, 2.24) is 14.5 Å². The molecule has 0 aliphatic carbocycles. The van der Waals surface area contributed by atoms with Gasteiger partial charge < -0.3 is 5.11 Å². The molecule has 6 aromatic carbocycles. The number of fused-ring (bicyclic) bond motifs is 1. The number of hydrogen-bond acceptors (Lipinski definition) is 3. The maximum atomic E-state index is 12.7. The average Bonchev–Trinajstić information content (AvgIpc) is 1.02. The fourth-order valence-corrected chi connectivity index (χ4v) is 8.86. The SMILES string of the molecule is [2H]c1nc(-c2cc(-c3cccc4c3nc(-c3cc(C(C)(C)C)cc(C(C)(C)C)c3O)n4-c3ccc(-c4c(C(C)C)cccc4C([2H])(C)C)cc3C([2H])([2H])[2H])cc(C(C)(C)C)c2)c([2H])c(-c2c([2H])c([2H])c(C(C)(C([2H])([2H])[2H])C([2H])([2H])[2H])c([2H])c2[2H])c1[2H]. The fourth-order valence-electron chi connectivity index (χ4n) is 8.86. The summed E-state index contributed by atoms with van der Waals surface area (Å²) >= 11 is 0. The first-order valence-electron chi connectivity index (χ1n) is 32.1. The summed E-state index contributed by atoms with van der Waals surface area (Å²) < 4.78 is 153. The number of phenols is 1. The summed E-state index contributed by atoms with van der Waals surface area (Å²) in [7, 11) is 0. The molecule has 0 spiro atoms. The van der Waals surface area contributed by atoms with Crippen LogP contribution in [0.15, 0.2) is 127 Å². The number of aryl methyl sites for hydroxylation is 1. The van der Waals surface area contributed by atoms with Gasteiger partial charge in [0, 0.05) is 36.6 Å². The van der Waals surface area contributed by atoms with Crippen LogP contribution < -0.4 is 0 Å². The van der Waals surface area contributed by atoms with E-state index in [1.54, 1.807) is 48.7 Å². The van der Waals surface area contributed by atoms with Crippen molar-refractivity contribution in [3.8, 4) is 67.5 Å². The van der Waals surface area contributed by atoms with Gasteiger partial charge in [0.05, 0.1) is 37.6 Å².